The van der Waals surface area contributed by atoms with Gasteiger partial charge in [-0.05, 0) is 71.2 Å². The smallest absolute Gasteiger partial charge is 0.258 e. The van der Waals surface area contributed by atoms with Gasteiger partial charge in [0.2, 0.25) is 0 Å². The van der Waals surface area contributed by atoms with Crippen LogP contribution >= 0.6 is 34.4 Å². The average molecular weight is 395 g/mol. The maximum atomic E-state index is 12.7. The normalized spacial score (nSPS) is 14.6. The minimum absolute atomic E-state index is 0.0938. The van der Waals surface area contributed by atoms with Gasteiger partial charge in [-0.15, -0.1) is 11.8 Å². The number of hydrogen-bond donors (Lipinski definition) is 0. The molecular weight excluding hydrogens is 381 g/mol. The molecule has 3 rings (SSSR count). The number of benzene rings is 2. The van der Waals surface area contributed by atoms with Crippen LogP contribution in [0.3, 0.4) is 0 Å². The Kier molecular flexibility index (Phi) is 4.31. The predicted molar refractivity (Wildman–Crippen MR) is 92.6 cm³/mol. The van der Waals surface area contributed by atoms with Crippen LogP contribution in [0.1, 0.15) is 16.8 Å². The molecule has 102 valence electrons. The van der Waals surface area contributed by atoms with Crippen molar-refractivity contribution in [1.29, 1.82) is 0 Å². The molecule has 0 spiro atoms. The fourth-order valence-electron chi connectivity index (χ4n) is 2.29. The van der Waals surface area contributed by atoms with Gasteiger partial charge < -0.3 is 4.90 Å². The Bertz CT molecular complexity index is 627. The van der Waals surface area contributed by atoms with E-state index in [0.717, 1.165) is 33.5 Å². The van der Waals surface area contributed by atoms with E-state index in [-0.39, 0.29) is 5.91 Å². The van der Waals surface area contributed by atoms with E-state index < -0.39 is 0 Å². The second-order valence-electron chi connectivity index (χ2n) is 4.63. The lowest BCUT2D eigenvalue weighted by Gasteiger charge is -2.22. The molecule has 2 aromatic rings. The highest BCUT2D eigenvalue weighted by Gasteiger charge is 2.22. The van der Waals surface area contributed by atoms with E-state index in [1.807, 2.05) is 59.1 Å². The second kappa shape index (κ2) is 6.18. The highest BCUT2D eigenvalue weighted by molar-refractivity contribution is 14.1. The largest absolute Gasteiger partial charge is 0.307 e. The van der Waals surface area contributed by atoms with Gasteiger partial charge in [-0.1, -0.05) is 12.1 Å². The summed E-state index contributed by atoms with van der Waals surface area (Å²) in [6.07, 6.45) is 1.02. The SMILES string of the molecule is O=C(c1ccc(I)cc1)N1CCCSc2ccccc21. The summed E-state index contributed by atoms with van der Waals surface area (Å²) in [6, 6.07) is 15.9. The number of thioether (sulfide) groups is 1. The number of carbonyl (C=O) groups excluding carboxylic acids is 1. The molecule has 1 amide bonds. The standard InChI is InChI=1S/C16H14INOS/c17-13-8-6-12(7-9-13)16(19)18-10-3-11-20-15-5-2-1-4-14(15)18/h1-2,4-9H,3,10-11H2. The summed E-state index contributed by atoms with van der Waals surface area (Å²) in [5.41, 5.74) is 1.80. The molecule has 0 saturated heterocycles. The van der Waals surface area contributed by atoms with Gasteiger partial charge >= 0.3 is 0 Å². The lowest BCUT2D eigenvalue weighted by molar-refractivity contribution is 0.0986. The van der Waals surface area contributed by atoms with Crippen LogP contribution in [0.4, 0.5) is 5.69 Å². The van der Waals surface area contributed by atoms with Crippen molar-refractivity contribution in [2.45, 2.75) is 11.3 Å². The zero-order chi connectivity index (χ0) is 13.9. The molecule has 1 aliphatic heterocycles. The summed E-state index contributed by atoms with van der Waals surface area (Å²) in [7, 11) is 0. The molecule has 0 aliphatic carbocycles. The Labute approximate surface area is 136 Å². The molecule has 0 fully saturated rings. The van der Waals surface area contributed by atoms with E-state index in [9.17, 15) is 4.79 Å². The first-order chi connectivity index (χ1) is 9.75. The third-order valence-corrected chi connectivity index (χ3v) is 5.14. The molecule has 1 heterocycles. The molecule has 0 aromatic heterocycles. The number of amides is 1. The van der Waals surface area contributed by atoms with Crippen molar-refractivity contribution >= 4 is 45.9 Å². The summed E-state index contributed by atoms with van der Waals surface area (Å²) in [6.45, 7) is 0.787. The lowest BCUT2D eigenvalue weighted by Crippen LogP contribution is -2.31. The number of halogens is 1. The van der Waals surface area contributed by atoms with Crippen molar-refractivity contribution < 1.29 is 4.79 Å². The van der Waals surface area contributed by atoms with E-state index in [1.165, 1.54) is 4.90 Å². The highest BCUT2D eigenvalue weighted by Crippen LogP contribution is 2.34. The van der Waals surface area contributed by atoms with Crippen LogP contribution in [0.2, 0.25) is 0 Å². The van der Waals surface area contributed by atoms with Crippen molar-refractivity contribution in [3.63, 3.8) is 0 Å². The number of carbonyl (C=O) groups is 1. The molecule has 2 nitrogen and oxygen atoms in total. The summed E-state index contributed by atoms with van der Waals surface area (Å²) in [4.78, 5) is 15.9. The van der Waals surface area contributed by atoms with Crippen molar-refractivity contribution in [3.05, 3.63) is 57.7 Å². The van der Waals surface area contributed by atoms with Gasteiger partial charge in [0.15, 0.2) is 0 Å². The monoisotopic (exact) mass is 395 g/mol. The molecule has 0 N–H and O–H groups in total. The summed E-state index contributed by atoms with van der Waals surface area (Å²) >= 11 is 4.09. The molecule has 20 heavy (non-hydrogen) atoms. The van der Waals surface area contributed by atoms with Crippen LogP contribution in [0.25, 0.3) is 0 Å². The van der Waals surface area contributed by atoms with E-state index in [0.29, 0.717) is 0 Å². The molecule has 1 aliphatic rings. The Morgan fingerprint density at radius 1 is 1.10 bits per heavy atom. The van der Waals surface area contributed by atoms with E-state index in [4.69, 9.17) is 0 Å². The number of para-hydroxylation sites is 1. The minimum Gasteiger partial charge on any atom is -0.307 e. The number of fused-ring (bicyclic) bond motifs is 1. The maximum Gasteiger partial charge on any atom is 0.258 e. The van der Waals surface area contributed by atoms with Crippen molar-refractivity contribution in [2.24, 2.45) is 0 Å². The second-order valence-corrected chi connectivity index (χ2v) is 7.02. The van der Waals surface area contributed by atoms with Gasteiger partial charge in [-0.3, -0.25) is 4.79 Å². The van der Waals surface area contributed by atoms with Crippen LogP contribution in [-0.2, 0) is 0 Å². The Morgan fingerprint density at radius 2 is 1.85 bits per heavy atom. The fourth-order valence-corrected chi connectivity index (χ4v) is 3.64. The zero-order valence-electron chi connectivity index (χ0n) is 10.9. The Balaban J connectivity index is 1.97. The predicted octanol–water partition coefficient (Wildman–Crippen LogP) is 4.43. The van der Waals surface area contributed by atoms with Crippen molar-refractivity contribution in [1.82, 2.24) is 0 Å². The van der Waals surface area contributed by atoms with Crippen LogP contribution < -0.4 is 4.90 Å². The van der Waals surface area contributed by atoms with Gasteiger partial charge in [0.1, 0.15) is 0 Å². The first-order valence-corrected chi connectivity index (χ1v) is 8.61. The topological polar surface area (TPSA) is 20.3 Å². The number of hydrogen-bond acceptors (Lipinski definition) is 2. The summed E-state index contributed by atoms with van der Waals surface area (Å²) in [5.74, 6) is 1.16. The van der Waals surface area contributed by atoms with Crippen LogP contribution in [0.15, 0.2) is 53.4 Å². The highest BCUT2D eigenvalue weighted by atomic mass is 127. The lowest BCUT2D eigenvalue weighted by atomic mass is 10.1. The molecule has 0 saturated carbocycles. The molecule has 0 unspecified atom stereocenters. The molecule has 0 bridgehead atoms. The van der Waals surface area contributed by atoms with Gasteiger partial charge in [0.05, 0.1) is 5.69 Å². The average Bonchev–Trinajstić information content (AvgIpc) is 2.69. The van der Waals surface area contributed by atoms with Gasteiger partial charge in [-0.25, -0.2) is 0 Å². The van der Waals surface area contributed by atoms with Gasteiger partial charge in [-0.2, -0.15) is 0 Å². The number of nitrogens with zero attached hydrogens (tertiary/aromatic N) is 1. The summed E-state index contributed by atoms with van der Waals surface area (Å²) < 4.78 is 1.14. The maximum absolute atomic E-state index is 12.7. The Morgan fingerprint density at radius 3 is 2.65 bits per heavy atom. The van der Waals surface area contributed by atoms with Crippen LogP contribution in [-0.4, -0.2) is 18.2 Å². The summed E-state index contributed by atoms with van der Waals surface area (Å²) in [5, 5.41) is 0. The third kappa shape index (κ3) is 2.86. The molecular formula is C16H14INOS. The first-order valence-electron chi connectivity index (χ1n) is 6.55. The van der Waals surface area contributed by atoms with Crippen LogP contribution in [0.5, 0.6) is 0 Å². The van der Waals surface area contributed by atoms with Gasteiger partial charge in [0, 0.05) is 20.6 Å². The molecule has 0 radical (unpaired) electrons. The molecule has 4 heteroatoms. The fraction of sp³-hybridized carbons (Fsp3) is 0.188. The van der Waals surface area contributed by atoms with E-state index in [1.54, 1.807) is 0 Å². The van der Waals surface area contributed by atoms with Crippen molar-refractivity contribution in [3.8, 4) is 0 Å². The number of rotatable bonds is 1. The number of anilines is 1. The quantitative estimate of drug-likeness (QED) is 0.666. The van der Waals surface area contributed by atoms with Crippen LogP contribution in [0, 0.1) is 3.57 Å². The van der Waals surface area contributed by atoms with E-state index in [2.05, 4.69) is 28.7 Å². The molecule has 2 aromatic carbocycles. The molecule has 0 atom stereocenters. The minimum atomic E-state index is 0.0938. The van der Waals surface area contributed by atoms with E-state index >= 15 is 0 Å². The Hall–Kier alpha value is -1.01. The third-order valence-electron chi connectivity index (χ3n) is 3.28. The van der Waals surface area contributed by atoms with Gasteiger partial charge in [0.25, 0.3) is 5.91 Å². The first kappa shape index (κ1) is 13.9. The zero-order valence-corrected chi connectivity index (χ0v) is 13.9. The van der Waals surface area contributed by atoms with Crippen molar-refractivity contribution in [2.75, 3.05) is 17.2 Å².